The second kappa shape index (κ2) is 22.0. The molecule has 3 aromatic rings. The fourth-order valence-corrected chi connectivity index (χ4v) is 9.84. The molecular weight excluding hydrogens is 960 g/mol. The van der Waals surface area contributed by atoms with E-state index in [2.05, 4.69) is 16.2 Å². The van der Waals surface area contributed by atoms with Gasteiger partial charge in [0.1, 0.15) is 11.6 Å². The van der Waals surface area contributed by atoms with E-state index in [1.807, 2.05) is 56.7 Å². The van der Waals surface area contributed by atoms with E-state index in [0.29, 0.717) is 87.6 Å². The topological polar surface area (TPSA) is 193 Å². The number of nitrogens with one attached hydrogen (secondary N) is 3. The first kappa shape index (κ1) is 54.3. The van der Waals surface area contributed by atoms with Gasteiger partial charge in [0.25, 0.3) is 0 Å². The minimum absolute atomic E-state index is 0.0704. The molecule has 0 unspecified atom stereocenters. The number of hydrogen-bond donors (Lipinski definition) is 3. The third kappa shape index (κ3) is 11.4. The van der Waals surface area contributed by atoms with Crippen LogP contribution in [0.1, 0.15) is 136 Å². The van der Waals surface area contributed by atoms with Gasteiger partial charge in [-0.15, -0.1) is 0 Å². The summed E-state index contributed by atoms with van der Waals surface area (Å²) in [5, 5.41) is 6.34. The van der Waals surface area contributed by atoms with Gasteiger partial charge in [0.2, 0.25) is 5.91 Å². The van der Waals surface area contributed by atoms with Crippen molar-refractivity contribution in [3.63, 3.8) is 0 Å². The summed E-state index contributed by atoms with van der Waals surface area (Å²) >= 11 is 0. The number of halogens is 3. The van der Waals surface area contributed by atoms with E-state index in [1.54, 1.807) is 38.4 Å². The number of nitrogens with zero attached hydrogens (tertiary/aromatic N) is 4. The number of alkyl halides is 3. The third-order valence-electron chi connectivity index (χ3n) is 13.8. The van der Waals surface area contributed by atoms with E-state index in [9.17, 15) is 37.1 Å². The summed E-state index contributed by atoms with van der Waals surface area (Å²) in [5.74, 6) is -3.28. The molecule has 4 aliphatic heterocycles. The predicted octanol–water partition coefficient (Wildman–Crippen LogP) is 8.11. The monoisotopic (exact) mass is 1020 g/mol. The highest BCUT2D eigenvalue weighted by Crippen LogP contribution is 2.41. The maximum Gasteiger partial charge on any atom is 0.416 e. The smallest absolute Gasteiger partial charge is 0.416 e. The van der Waals surface area contributed by atoms with Gasteiger partial charge in [-0.2, -0.15) is 13.2 Å². The van der Waals surface area contributed by atoms with Crippen LogP contribution >= 0.6 is 0 Å². The molecule has 394 valence electrons. The van der Waals surface area contributed by atoms with Gasteiger partial charge < -0.3 is 29.6 Å². The van der Waals surface area contributed by atoms with Crippen molar-refractivity contribution in [3.05, 3.63) is 102 Å². The van der Waals surface area contributed by atoms with Crippen molar-refractivity contribution in [1.29, 1.82) is 0 Å². The van der Waals surface area contributed by atoms with Crippen LogP contribution in [0.3, 0.4) is 0 Å². The number of alkyl carbamates (subject to hydrolysis) is 1. The summed E-state index contributed by atoms with van der Waals surface area (Å²) in [4.78, 5) is 77.5. The lowest BCUT2D eigenvalue weighted by atomic mass is 9.82. The van der Waals surface area contributed by atoms with E-state index < -0.39 is 59.2 Å². The van der Waals surface area contributed by atoms with Gasteiger partial charge >= 0.3 is 30.2 Å². The molecule has 7 rings (SSSR count). The number of benzene rings is 1. The van der Waals surface area contributed by atoms with E-state index in [-0.39, 0.29) is 42.5 Å². The molecule has 0 fully saturated rings. The molecular formula is C55H64F3N7O9. The Labute approximate surface area is 427 Å². The van der Waals surface area contributed by atoms with Crippen molar-refractivity contribution < 1.29 is 56.1 Å². The minimum atomic E-state index is -4.50. The van der Waals surface area contributed by atoms with Crippen LogP contribution in [0.15, 0.2) is 56.8 Å². The zero-order valence-electron chi connectivity index (χ0n) is 43.7. The van der Waals surface area contributed by atoms with Crippen LogP contribution in [0, 0.1) is 25.7 Å². The molecule has 0 saturated heterocycles. The van der Waals surface area contributed by atoms with Gasteiger partial charge in [-0.3, -0.25) is 14.6 Å². The maximum absolute atomic E-state index is 14.3. The molecule has 2 amide bonds. The number of methoxy groups -OCH3 is 3. The van der Waals surface area contributed by atoms with Crippen molar-refractivity contribution in [1.82, 2.24) is 20.0 Å². The van der Waals surface area contributed by atoms with E-state index >= 15 is 0 Å². The van der Waals surface area contributed by atoms with Gasteiger partial charge in [-0.05, 0) is 132 Å². The van der Waals surface area contributed by atoms with Crippen molar-refractivity contribution >= 4 is 77.3 Å². The largest absolute Gasteiger partial charge is 0.469 e. The molecule has 2 aromatic heterocycles. The van der Waals surface area contributed by atoms with Gasteiger partial charge in [0.15, 0.2) is 0 Å². The molecule has 4 aliphatic rings. The summed E-state index contributed by atoms with van der Waals surface area (Å²) in [6.07, 6.45) is 5.93. The summed E-state index contributed by atoms with van der Waals surface area (Å²) < 4.78 is 65.4. The first-order valence-corrected chi connectivity index (χ1v) is 24.6. The Morgan fingerprint density at radius 2 is 1.58 bits per heavy atom. The van der Waals surface area contributed by atoms with Crippen LogP contribution in [-0.4, -0.2) is 90.2 Å². The summed E-state index contributed by atoms with van der Waals surface area (Å²) in [6.45, 7) is 15.3. The molecule has 0 radical (unpaired) electrons. The van der Waals surface area contributed by atoms with Crippen molar-refractivity contribution in [2.45, 2.75) is 118 Å². The number of esters is 3. The van der Waals surface area contributed by atoms with E-state index in [4.69, 9.17) is 28.9 Å². The Kier molecular flexibility index (Phi) is 16.1. The zero-order chi connectivity index (χ0) is 54.0. The van der Waals surface area contributed by atoms with E-state index in [1.165, 1.54) is 33.5 Å². The predicted molar refractivity (Wildman–Crippen MR) is 276 cm³/mol. The Hall–Kier alpha value is -7.44. The van der Waals surface area contributed by atoms with Gasteiger partial charge in [0.05, 0.1) is 78.1 Å². The zero-order valence-corrected chi connectivity index (χ0v) is 43.7. The second-order valence-electron chi connectivity index (χ2n) is 19.7. The highest BCUT2D eigenvalue weighted by atomic mass is 19.4. The maximum atomic E-state index is 14.3. The van der Waals surface area contributed by atoms with Crippen LogP contribution < -0.4 is 26.9 Å². The molecule has 0 saturated carbocycles. The SMILES string of the molecule is CCC1=C(C)/C2=C/c3c(/C=C/c4ccc(C(F)(F)F)cc4)c(C)c4n3Nn3/c(c(C)c(C(=O)OC)/c3=C(\CC(=O)OC)C3=N/C(=C\4)[C@@H](C)[C@@H]3CCC(=O)N[C@@H](CCCCNC(=O)OC(C)(C)C)C(=O)OC)=C\C1=N2. The first-order valence-electron chi connectivity index (χ1n) is 24.6. The normalized spacial score (nSPS) is 19.9. The number of carbonyl (C=O) groups is 5. The molecule has 74 heavy (non-hydrogen) atoms. The number of amides is 2. The molecule has 19 heteroatoms. The number of aromatic nitrogens is 2. The average Bonchev–Trinajstić information content (AvgIpc) is 3.99. The van der Waals surface area contributed by atoms with Crippen molar-refractivity contribution in [2.75, 3.05) is 33.4 Å². The Morgan fingerprint density at radius 1 is 0.865 bits per heavy atom. The molecule has 6 bridgehead atoms. The highest BCUT2D eigenvalue weighted by molar-refractivity contribution is 6.25. The molecule has 3 N–H and O–H groups in total. The molecule has 6 heterocycles. The van der Waals surface area contributed by atoms with Crippen molar-refractivity contribution in [2.24, 2.45) is 21.8 Å². The average molecular weight is 1020 g/mol. The van der Waals surface area contributed by atoms with Gasteiger partial charge in [0, 0.05) is 41.6 Å². The van der Waals surface area contributed by atoms with Crippen LogP contribution in [0.2, 0.25) is 0 Å². The van der Waals surface area contributed by atoms with Crippen LogP contribution in [0.4, 0.5) is 18.0 Å². The summed E-state index contributed by atoms with van der Waals surface area (Å²) in [6, 6.07) is 3.92. The molecule has 0 aliphatic carbocycles. The fourth-order valence-electron chi connectivity index (χ4n) is 9.84. The van der Waals surface area contributed by atoms with Gasteiger partial charge in [-0.1, -0.05) is 38.1 Å². The molecule has 16 nitrogen and oxygen atoms in total. The number of unbranched alkanes of at least 4 members (excludes halogenated alkanes) is 1. The minimum Gasteiger partial charge on any atom is -0.469 e. The first-order chi connectivity index (χ1) is 35.0. The standard InChI is InChI=1S/C55H64F3N7O9/c1-12-35-29(2)40-27-45-36(21-18-33-16-19-34(20-17-33)55(56,57)58)31(4)43-26-41-30(3)37(22-23-46(66)61-39(51(68)72-10)15-13-14-24-59-53(70)74-54(6,7)8)49(62-41)38(25-47(67)71-9)50-48(52(69)73-11)32(5)44(28-42(35)60-40)65(50)63-64(43)45/h16-21,26-28,30,37,39,63H,12-15,22-25H2,1-11H3,(H,59,70)(H,61,66)/b21-18+,40-27-,41-26-,42-28?,43-26?,44-28-,45-27?,49-38?,50-38-/t30-,37-,39-/m0/s1. The third-order valence-corrected chi connectivity index (χ3v) is 13.8. The number of rotatable bonds is 16. The Balaban J connectivity index is 1.37. The van der Waals surface area contributed by atoms with Crippen LogP contribution in [-0.2, 0) is 39.5 Å². The lowest BCUT2D eigenvalue weighted by Crippen LogP contribution is -2.43. The molecule has 0 spiro atoms. The van der Waals surface area contributed by atoms with Gasteiger partial charge in [-0.25, -0.2) is 34.3 Å². The summed E-state index contributed by atoms with van der Waals surface area (Å²) in [5.41, 5.74) is 10.8. The summed E-state index contributed by atoms with van der Waals surface area (Å²) in [7, 11) is 3.78. The number of carbonyl (C=O) groups excluding carboxylic acids is 5. The quantitative estimate of drug-likeness (QED) is 0.0717. The van der Waals surface area contributed by atoms with E-state index in [0.717, 1.165) is 28.8 Å². The number of ether oxygens (including phenoxy) is 4. The number of allylic oxidation sites excluding steroid dienone is 3. The lowest BCUT2D eigenvalue weighted by molar-refractivity contribution is -0.145. The highest BCUT2D eigenvalue weighted by Gasteiger charge is 2.39. The Morgan fingerprint density at radius 3 is 2.22 bits per heavy atom. The molecule has 3 atom stereocenters. The van der Waals surface area contributed by atoms with Crippen LogP contribution in [0.25, 0.3) is 36.0 Å². The fraction of sp³-hybridized carbons (Fsp3) is 0.436. The second-order valence-corrected chi connectivity index (χ2v) is 19.7. The Bertz CT molecular complexity index is 3110. The number of fused-ring (bicyclic) bond motifs is 2. The molecule has 1 aromatic carbocycles. The number of aliphatic imine (C=N–C) groups is 2. The number of hydrogen-bond acceptors (Lipinski definition) is 12. The lowest BCUT2D eigenvalue weighted by Gasteiger charge is -2.22. The van der Waals surface area contributed by atoms with Crippen molar-refractivity contribution in [3.8, 4) is 0 Å². The van der Waals surface area contributed by atoms with Crippen LogP contribution in [0.5, 0.6) is 0 Å².